The summed E-state index contributed by atoms with van der Waals surface area (Å²) in [6, 6.07) is 9.59. The molecule has 2 aromatic heterocycles. The third kappa shape index (κ3) is 4.36. The summed E-state index contributed by atoms with van der Waals surface area (Å²) >= 11 is 2.96. The largest absolute Gasteiger partial charge is 0.376 e. The average Bonchev–Trinajstić information content (AvgIpc) is 3.44. The van der Waals surface area contributed by atoms with Crippen LogP contribution in [0.4, 0.5) is 0 Å². The minimum Gasteiger partial charge on any atom is -0.376 e. The normalized spacial score (nSPS) is 20.4. The first-order valence-corrected chi connectivity index (χ1v) is 13.0. The summed E-state index contributed by atoms with van der Waals surface area (Å²) < 4.78 is 7.25. The molecule has 0 unspecified atom stereocenters. The SMILES string of the molecule is C[C@@H]1CCc2c(sc3nc(SCC(=O)NC[C@@H]4CCCO4)n(-c4ccccc4)c(=O)c23)C1. The van der Waals surface area contributed by atoms with Gasteiger partial charge in [-0.2, -0.15) is 0 Å². The van der Waals surface area contributed by atoms with Crippen LogP contribution in [0.5, 0.6) is 0 Å². The summed E-state index contributed by atoms with van der Waals surface area (Å²) in [6.07, 6.45) is 5.19. The van der Waals surface area contributed by atoms with E-state index in [9.17, 15) is 9.59 Å². The number of fused-ring (bicyclic) bond motifs is 3. The highest BCUT2D eigenvalue weighted by Crippen LogP contribution is 2.37. The van der Waals surface area contributed by atoms with Crippen molar-refractivity contribution in [1.29, 1.82) is 0 Å². The van der Waals surface area contributed by atoms with E-state index in [2.05, 4.69) is 12.2 Å². The van der Waals surface area contributed by atoms with E-state index in [0.29, 0.717) is 17.6 Å². The molecule has 5 rings (SSSR count). The van der Waals surface area contributed by atoms with Gasteiger partial charge >= 0.3 is 0 Å². The van der Waals surface area contributed by atoms with Gasteiger partial charge in [-0.3, -0.25) is 14.2 Å². The average molecular weight is 470 g/mol. The number of hydrogen-bond acceptors (Lipinski definition) is 6. The molecule has 0 bridgehead atoms. The second-order valence-corrected chi connectivity index (χ2v) is 10.7. The van der Waals surface area contributed by atoms with Gasteiger partial charge in [0.2, 0.25) is 5.91 Å². The Kier molecular flexibility index (Phi) is 6.35. The van der Waals surface area contributed by atoms with E-state index < -0.39 is 0 Å². The van der Waals surface area contributed by atoms with Crippen molar-refractivity contribution in [1.82, 2.24) is 14.9 Å². The van der Waals surface area contributed by atoms with Gasteiger partial charge in [0.25, 0.3) is 5.56 Å². The van der Waals surface area contributed by atoms with Crippen molar-refractivity contribution in [2.45, 2.75) is 50.3 Å². The van der Waals surface area contributed by atoms with Crippen molar-refractivity contribution in [2.24, 2.45) is 5.92 Å². The van der Waals surface area contributed by atoms with Crippen LogP contribution in [0.15, 0.2) is 40.3 Å². The highest BCUT2D eigenvalue weighted by Gasteiger charge is 2.25. The van der Waals surface area contributed by atoms with Crippen LogP contribution in [0.1, 0.15) is 36.6 Å². The summed E-state index contributed by atoms with van der Waals surface area (Å²) in [5.41, 5.74) is 1.92. The van der Waals surface area contributed by atoms with Crippen LogP contribution < -0.4 is 10.9 Å². The molecule has 3 heterocycles. The summed E-state index contributed by atoms with van der Waals surface area (Å²) in [4.78, 5) is 33.2. The Balaban J connectivity index is 1.46. The van der Waals surface area contributed by atoms with Crippen LogP contribution in [0.3, 0.4) is 0 Å². The smallest absolute Gasteiger partial charge is 0.267 e. The Hall–Kier alpha value is -2.16. The zero-order valence-corrected chi connectivity index (χ0v) is 19.8. The minimum absolute atomic E-state index is 0.0319. The van der Waals surface area contributed by atoms with Crippen molar-refractivity contribution in [3.8, 4) is 5.69 Å². The van der Waals surface area contributed by atoms with Gasteiger partial charge in [-0.25, -0.2) is 4.98 Å². The number of carbonyl (C=O) groups is 1. The maximum atomic E-state index is 13.7. The minimum atomic E-state index is -0.0706. The molecule has 0 saturated carbocycles. The second-order valence-electron chi connectivity index (χ2n) is 8.63. The number of hydrogen-bond donors (Lipinski definition) is 1. The van der Waals surface area contributed by atoms with Crippen LogP contribution >= 0.6 is 23.1 Å². The van der Waals surface area contributed by atoms with Crippen molar-refractivity contribution >= 4 is 39.2 Å². The standard InChI is InChI=1S/C24H27N3O3S2/c1-15-9-10-18-19(12-15)32-22-21(18)23(29)27(16-6-3-2-4-7-16)24(26-22)31-14-20(28)25-13-17-8-5-11-30-17/h2-4,6-7,15,17H,5,8-14H2,1H3,(H,25,28)/t15-,17+/m1/s1. The molecule has 1 aliphatic carbocycles. The zero-order valence-electron chi connectivity index (χ0n) is 18.1. The fourth-order valence-corrected chi connectivity index (χ4v) is 6.75. The summed E-state index contributed by atoms with van der Waals surface area (Å²) in [6.45, 7) is 3.57. The molecule has 1 aliphatic heterocycles. The Morgan fingerprint density at radius 3 is 2.94 bits per heavy atom. The van der Waals surface area contributed by atoms with Gasteiger partial charge in [-0.05, 0) is 55.7 Å². The molecule has 0 spiro atoms. The Bertz CT molecular complexity index is 1180. The van der Waals surface area contributed by atoms with Crippen molar-refractivity contribution in [3.63, 3.8) is 0 Å². The number of benzene rings is 1. The van der Waals surface area contributed by atoms with Gasteiger partial charge < -0.3 is 10.1 Å². The highest BCUT2D eigenvalue weighted by molar-refractivity contribution is 7.99. The Morgan fingerprint density at radius 1 is 1.31 bits per heavy atom. The van der Waals surface area contributed by atoms with Gasteiger partial charge in [-0.1, -0.05) is 36.9 Å². The zero-order chi connectivity index (χ0) is 22.1. The van der Waals surface area contributed by atoms with Crippen LogP contribution in [-0.2, 0) is 22.4 Å². The van der Waals surface area contributed by atoms with Gasteiger partial charge in [0.1, 0.15) is 4.83 Å². The number of aromatic nitrogens is 2. The first kappa shape index (κ1) is 21.7. The van der Waals surface area contributed by atoms with E-state index in [0.717, 1.165) is 54.6 Å². The molecule has 1 fully saturated rings. The van der Waals surface area contributed by atoms with Gasteiger partial charge in [0.15, 0.2) is 5.16 Å². The number of nitrogens with one attached hydrogen (secondary N) is 1. The molecule has 168 valence electrons. The first-order chi connectivity index (χ1) is 15.6. The molecule has 6 nitrogen and oxygen atoms in total. The van der Waals surface area contributed by atoms with Gasteiger partial charge in [-0.15, -0.1) is 11.3 Å². The number of nitrogens with zero attached hydrogens (tertiary/aromatic N) is 2. The number of carbonyl (C=O) groups excluding carboxylic acids is 1. The molecule has 0 radical (unpaired) electrons. The number of thiophene rings is 1. The topological polar surface area (TPSA) is 73.2 Å². The molecular weight excluding hydrogens is 442 g/mol. The van der Waals surface area contributed by atoms with Gasteiger partial charge in [0, 0.05) is 18.0 Å². The third-order valence-corrected chi connectivity index (χ3v) is 8.28. The molecule has 1 saturated heterocycles. The molecule has 1 amide bonds. The molecule has 8 heteroatoms. The number of amides is 1. The lowest BCUT2D eigenvalue weighted by Gasteiger charge is -2.18. The van der Waals surface area contributed by atoms with Crippen LogP contribution in [0.2, 0.25) is 0 Å². The van der Waals surface area contributed by atoms with Crippen LogP contribution in [0, 0.1) is 5.92 Å². The van der Waals surface area contributed by atoms with E-state index >= 15 is 0 Å². The third-order valence-electron chi connectivity index (χ3n) is 6.20. The van der Waals surface area contributed by atoms with Crippen LogP contribution in [-0.4, -0.2) is 40.5 Å². The number of aryl methyl sites for hydroxylation is 1. The number of para-hydroxylation sites is 1. The van der Waals surface area contributed by atoms with E-state index in [1.54, 1.807) is 15.9 Å². The maximum Gasteiger partial charge on any atom is 0.267 e. The molecule has 1 aromatic carbocycles. The molecule has 32 heavy (non-hydrogen) atoms. The number of rotatable bonds is 6. The molecule has 1 N–H and O–H groups in total. The predicted molar refractivity (Wildman–Crippen MR) is 129 cm³/mol. The van der Waals surface area contributed by atoms with Gasteiger partial charge in [0.05, 0.1) is 22.9 Å². The summed E-state index contributed by atoms with van der Waals surface area (Å²) in [7, 11) is 0. The number of thioether (sulfide) groups is 1. The number of ether oxygens (including phenoxy) is 1. The molecule has 3 aromatic rings. The molecular formula is C24H27N3O3S2. The maximum absolute atomic E-state index is 13.7. The van der Waals surface area contributed by atoms with E-state index in [4.69, 9.17) is 9.72 Å². The Morgan fingerprint density at radius 2 is 2.16 bits per heavy atom. The fraction of sp³-hybridized carbons (Fsp3) is 0.458. The molecule has 2 aliphatic rings. The monoisotopic (exact) mass is 469 g/mol. The van der Waals surface area contributed by atoms with Crippen LogP contribution in [0.25, 0.3) is 15.9 Å². The van der Waals surface area contributed by atoms with E-state index in [1.165, 1.54) is 22.2 Å². The van der Waals surface area contributed by atoms with E-state index in [1.807, 2.05) is 30.3 Å². The Labute approximate surface area is 195 Å². The lowest BCUT2D eigenvalue weighted by Crippen LogP contribution is -2.33. The van der Waals surface area contributed by atoms with E-state index in [-0.39, 0.29) is 23.3 Å². The second kappa shape index (κ2) is 9.37. The first-order valence-electron chi connectivity index (χ1n) is 11.2. The predicted octanol–water partition coefficient (Wildman–Crippen LogP) is 3.96. The lowest BCUT2D eigenvalue weighted by atomic mass is 9.89. The quantitative estimate of drug-likeness (QED) is 0.437. The molecule has 2 atom stereocenters. The van der Waals surface area contributed by atoms with Crippen molar-refractivity contribution in [2.75, 3.05) is 18.9 Å². The fourth-order valence-electron chi connectivity index (χ4n) is 4.49. The van der Waals surface area contributed by atoms with Crippen molar-refractivity contribution in [3.05, 3.63) is 51.1 Å². The van der Waals surface area contributed by atoms with Crippen molar-refractivity contribution < 1.29 is 9.53 Å². The summed E-state index contributed by atoms with van der Waals surface area (Å²) in [5.74, 6) is 0.770. The summed E-state index contributed by atoms with van der Waals surface area (Å²) in [5, 5.41) is 4.27. The highest BCUT2D eigenvalue weighted by atomic mass is 32.2. The lowest BCUT2D eigenvalue weighted by molar-refractivity contribution is -0.119.